The molecule has 120 valence electrons. The summed E-state index contributed by atoms with van der Waals surface area (Å²) in [5.74, 6) is -0.187. The summed E-state index contributed by atoms with van der Waals surface area (Å²) < 4.78 is 15.6. The number of ether oxygens (including phenoxy) is 3. The van der Waals surface area contributed by atoms with Crippen molar-refractivity contribution in [2.24, 2.45) is 0 Å². The molecule has 0 fully saturated rings. The van der Waals surface area contributed by atoms with E-state index >= 15 is 0 Å². The molecule has 0 aromatic heterocycles. The van der Waals surface area contributed by atoms with Crippen molar-refractivity contribution in [2.75, 3.05) is 33.5 Å². The molecule has 5 nitrogen and oxygen atoms in total. The third-order valence-electron chi connectivity index (χ3n) is 2.94. The van der Waals surface area contributed by atoms with Crippen LogP contribution in [0.3, 0.4) is 0 Å². The van der Waals surface area contributed by atoms with Crippen molar-refractivity contribution in [3.05, 3.63) is 0 Å². The van der Waals surface area contributed by atoms with Crippen LogP contribution < -0.4 is 5.32 Å². The second-order valence-corrected chi connectivity index (χ2v) is 5.41. The standard InChI is InChI=1S/C15H31NO4/c1-6-20-14(17)15(4,16-13(2)3)9-7-11-19-12-8-10-18-5/h13,16H,6-12H2,1-5H3. The van der Waals surface area contributed by atoms with Crippen molar-refractivity contribution in [3.8, 4) is 0 Å². The molecule has 0 spiro atoms. The van der Waals surface area contributed by atoms with Crippen molar-refractivity contribution in [2.45, 2.75) is 58.5 Å². The molecule has 0 radical (unpaired) electrons. The molecule has 0 aliphatic heterocycles. The van der Waals surface area contributed by atoms with Gasteiger partial charge in [0.1, 0.15) is 5.54 Å². The minimum atomic E-state index is -0.639. The number of carbonyl (C=O) groups is 1. The summed E-state index contributed by atoms with van der Waals surface area (Å²) in [5, 5.41) is 3.30. The van der Waals surface area contributed by atoms with E-state index in [1.165, 1.54) is 0 Å². The molecule has 0 aromatic carbocycles. The molecular formula is C15H31NO4. The van der Waals surface area contributed by atoms with E-state index in [2.05, 4.69) is 5.32 Å². The summed E-state index contributed by atoms with van der Waals surface area (Å²) >= 11 is 0. The largest absolute Gasteiger partial charge is 0.465 e. The monoisotopic (exact) mass is 289 g/mol. The summed E-state index contributed by atoms with van der Waals surface area (Å²) in [7, 11) is 1.68. The Labute approximate surface area is 123 Å². The highest BCUT2D eigenvalue weighted by molar-refractivity contribution is 5.80. The lowest BCUT2D eigenvalue weighted by Crippen LogP contribution is -2.53. The zero-order chi connectivity index (χ0) is 15.4. The van der Waals surface area contributed by atoms with Gasteiger partial charge in [0, 0.05) is 33.0 Å². The summed E-state index contributed by atoms with van der Waals surface area (Å²) in [6.07, 6.45) is 2.42. The molecule has 0 saturated heterocycles. The third kappa shape index (κ3) is 8.51. The van der Waals surface area contributed by atoms with Gasteiger partial charge in [0.25, 0.3) is 0 Å². The van der Waals surface area contributed by atoms with E-state index in [9.17, 15) is 4.79 Å². The molecule has 1 atom stereocenters. The lowest BCUT2D eigenvalue weighted by molar-refractivity contribution is -0.151. The highest BCUT2D eigenvalue weighted by atomic mass is 16.5. The lowest BCUT2D eigenvalue weighted by Gasteiger charge is -2.30. The Balaban J connectivity index is 4.07. The number of hydrogen-bond donors (Lipinski definition) is 1. The van der Waals surface area contributed by atoms with Gasteiger partial charge in [-0.05, 0) is 47.0 Å². The van der Waals surface area contributed by atoms with Crippen LogP contribution >= 0.6 is 0 Å². The first-order chi connectivity index (χ1) is 9.46. The highest BCUT2D eigenvalue weighted by Crippen LogP contribution is 2.16. The fourth-order valence-electron chi connectivity index (χ4n) is 2.10. The molecule has 0 aliphatic rings. The molecule has 0 heterocycles. The molecule has 0 bridgehead atoms. The van der Waals surface area contributed by atoms with Crippen LogP contribution in [0.1, 0.15) is 47.0 Å². The molecule has 1 N–H and O–H groups in total. The quantitative estimate of drug-likeness (QED) is 0.440. The maximum atomic E-state index is 12.1. The van der Waals surface area contributed by atoms with Crippen molar-refractivity contribution >= 4 is 5.97 Å². The average molecular weight is 289 g/mol. The van der Waals surface area contributed by atoms with Crippen LogP contribution in [-0.2, 0) is 19.0 Å². The van der Waals surface area contributed by atoms with Crippen molar-refractivity contribution in [1.29, 1.82) is 0 Å². The minimum absolute atomic E-state index is 0.187. The van der Waals surface area contributed by atoms with Crippen LogP contribution in [0.5, 0.6) is 0 Å². The second kappa shape index (κ2) is 11.1. The number of rotatable bonds is 12. The van der Waals surface area contributed by atoms with Crippen molar-refractivity contribution < 1.29 is 19.0 Å². The Morgan fingerprint density at radius 2 is 1.85 bits per heavy atom. The van der Waals surface area contributed by atoms with E-state index in [1.807, 2.05) is 27.7 Å². The number of methoxy groups -OCH3 is 1. The van der Waals surface area contributed by atoms with Crippen LogP contribution in [0.15, 0.2) is 0 Å². The first-order valence-corrected chi connectivity index (χ1v) is 7.48. The number of carbonyl (C=O) groups excluding carboxylic acids is 1. The fraction of sp³-hybridized carbons (Fsp3) is 0.933. The third-order valence-corrected chi connectivity index (χ3v) is 2.94. The van der Waals surface area contributed by atoms with Gasteiger partial charge >= 0.3 is 5.97 Å². The Morgan fingerprint density at radius 3 is 2.40 bits per heavy atom. The van der Waals surface area contributed by atoms with Crippen LogP contribution in [-0.4, -0.2) is 51.1 Å². The van der Waals surface area contributed by atoms with Gasteiger partial charge in [-0.1, -0.05) is 0 Å². The minimum Gasteiger partial charge on any atom is -0.465 e. The molecule has 0 aromatic rings. The summed E-state index contributed by atoms with van der Waals surface area (Å²) in [6, 6.07) is 0.229. The smallest absolute Gasteiger partial charge is 0.326 e. The maximum absolute atomic E-state index is 12.1. The number of hydrogen-bond acceptors (Lipinski definition) is 5. The van der Waals surface area contributed by atoms with E-state index in [1.54, 1.807) is 7.11 Å². The molecule has 0 aliphatic carbocycles. The molecule has 20 heavy (non-hydrogen) atoms. The molecule has 0 amide bonds. The van der Waals surface area contributed by atoms with Gasteiger partial charge < -0.3 is 14.2 Å². The van der Waals surface area contributed by atoms with Gasteiger partial charge in [-0.25, -0.2) is 0 Å². The molecule has 0 rings (SSSR count). The summed E-state index contributed by atoms with van der Waals surface area (Å²) in [6.45, 7) is 10.2. The zero-order valence-electron chi connectivity index (χ0n) is 13.7. The SMILES string of the molecule is CCOC(=O)C(C)(CCCOCCCOC)NC(C)C. The van der Waals surface area contributed by atoms with E-state index in [0.29, 0.717) is 26.2 Å². The predicted molar refractivity (Wildman–Crippen MR) is 79.9 cm³/mol. The Morgan fingerprint density at radius 1 is 1.20 bits per heavy atom. The van der Waals surface area contributed by atoms with Gasteiger partial charge in [-0.3, -0.25) is 10.1 Å². The van der Waals surface area contributed by atoms with Crippen molar-refractivity contribution in [3.63, 3.8) is 0 Å². The summed E-state index contributed by atoms with van der Waals surface area (Å²) in [4.78, 5) is 12.1. The second-order valence-electron chi connectivity index (χ2n) is 5.41. The Hall–Kier alpha value is -0.650. The van der Waals surface area contributed by atoms with E-state index < -0.39 is 5.54 Å². The van der Waals surface area contributed by atoms with Crippen LogP contribution in [0.2, 0.25) is 0 Å². The Kier molecular flexibility index (Phi) is 10.7. The van der Waals surface area contributed by atoms with Crippen LogP contribution in [0.25, 0.3) is 0 Å². The Bertz CT molecular complexity index is 258. The highest BCUT2D eigenvalue weighted by Gasteiger charge is 2.34. The fourth-order valence-corrected chi connectivity index (χ4v) is 2.10. The molecule has 1 unspecified atom stereocenters. The number of nitrogens with one attached hydrogen (secondary N) is 1. The zero-order valence-corrected chi connectivity index (χ0v) is 13.7. The average Bonchev–Trinajstić information content (AvgIpc) is 2.37. The van der Waals surface area contributed by atoms with Crippen LogP contribution in [0.4, 0.5) is 0 Å². The topological polar surface area (TPSA) is 56.8 Å². The van der Waals surface area contributed by atoms with Crippen LogP contribution in [0, 0.1) is 0 Å². The van der Waals surface area contributed by atoms with Gasteiger partial charge in [0.2, 0.25) is 0 Å². The van der Waals surface area contributed by atoms with Gasteiger partial charge in [0.15, 0.2) is 0 Å². The van der Waals surface area contributed by atoms with Gasteiger partial charge in [-0.15, -0.1) is 0 Å². The summed E-state index contributed by atoms with van der Waals surface area (Å²) in [5.41, 5.74) is -0.639. The van der Waals surface area contributed by atoms with Gasteiger partial charge in [-0.2, -0.15) is 0 Å². The molecular weight excluding hydrogens is 258 g/mol. The van der Waals surface area contributed by atoms with E-state index in [-0.39, 0.29) is 12.0 Å². The maximum Gasteiger partial charge on any atom is 0.326 e. The molecule has 0 saturated carbocycles. The molecule has 5 heteroatoms. The predicted octanol–water partition coefficient (Wildman–Crippen LogP) is 2.14. The number of esters is 1. The normalized spacial score (nSPS) is 14.3. The van der Waals surface area contributed by atoms with E-state index in [4.69, 9.17) is 14.2 Å². The van der Waals surface area contributed by atoms with Crippen molar-refractivity contribution in [1.82, 2.24) is 5.32 Å². The van der Waals surface area contributed by atoms with Gasteiger partial charge in [0.05, 0.1) is 6.61 Å². The first kappa shape index (κ1) is 19.4. The lowest BCUT2D eigenvalue weighted by atomic mass is 9.95. The van der Waals surface area contributed by atoms with E-state index in [0.717, 1.165) is 19.4 Å². The first-order valence-electron chi connectivity index (χ1n) is 7.48.